The topological polar surface area (TPSA) is 80.9 Å². The van der Waals surface area contributed by atoms with Gasteiger partial charge in [0.05, 0.1) is 12.4 Å². The van der Waals surface area contributed by atoms with Crippen LogP contribution < -0.4 is 14.8 Å². The van der Waals surface area contributed by atoms with Gasteiger partial charge in [-0.1, -0.05) is 36.4 Å². The van der Waals surface area contributed by atoms with Gasteiger partial charge in [0.25, 0.3) is 5.91 Å². The molecule has 1 aliphatic rings. The highest BCUT2D eigenvalue weighted by Gasteiger charge is 2.27. The number of carbonyl (C=O) groups excluding carboxylic acids is 1. The number of benzene rings is 2. The number of nitrogens with one attached hydrogen (secondary N) is 1. The lowest BCUT2D eigenvalue weighted by molar-refractivity contribution is -0.130. The van der Waals surface area contributed by atoms with E-state index >= 15 is 0 Å². The van der Waals surface area contributed by atoms with E-state index in [2.05, 4.69) is 5.32 Å². The van der Waals surface area contributed by atoms with Crippen LogP contribution in [-0.4, -0.2) is 30.3 Å². The van der Waals surface area contributed by atoms with Gasteiger partial charge in [-0.15, -0.1) is 0 Å². The molecule has 0 spiro atoms. The van der Waals surface area contributed by atoms with Crippen LogP contribution in [0.5, 0.6) is 11.5 Å². The van der Waals surface area contributed by atoms with Crippen LogP contribution in [0.4, 0.5) is 0 Å². The predicted molar refractivity (Wildman–Crippen MR) is 98.5 cm³/mol. The first kappa shape index (κ1) is 17.2. The van der Waals surface area contributed by atoms with Crippen LogP contribution in [0, 0.1) is 0 Å². The molecule has 0 saturated heterocycles. The summed E-state index contributed by atoms with van der Waals surface area (Å²) in [5.74, 6) is 1.60. The minimum Gasteiger partial charge on any atom is -0.485 e. The van der Waals surface area contributed by atoms with Crippen LogP contribution in [0.25, 0.3) is 11.3 Å². The molecule has 3 aromatic rings. The molecule has 0 radical (unpaired) electrons. The number of ether oxygens (including phenoxy) is 2. The zero-order valence-electron chi connectivity index (χ0n) is 14.5. The van der Waals surface area contributed by atoms with Crippen molar-refractivity contribution >= 4 is 5.91 Å². The second-order valence-corrected chi connectivity index (χ2v) is 6.22. The van der Waals surface area contributed by atoms with Gasteiger partial charge in [-0.25, -0.2) is 0 Å². The van der Waals surface area contributed by atoms with Crippen molar-refractivity contribution in [2.24, 2.45) is 0 Å². The van der Waals surface area contributed by atoms with E-state index in [-0.39, 0.29) is 19.1 Å². The molecule has 2 unspecified atom stereocenters. The first-order valence-electron chi connectivity index (χ1n) is 8.69. The summed E-state index contributed by atoms with van der Waals surface area (Å²) >= 11 is 0. The van der Waals surface area contributed by atoms with Gasteiger partial charge in [-0.05, 0) is 29.8 Å². The van der Waals surface area contributed by atoms with Crippen molar-refractivity contribution in [3.05, 3.63) is 72.5 Å². The molecule has 0 bridgehead atoms. The number of fused-ring (bicyclic) bond motifs is 1. The molecule has 2 atom stereocenters. The summed E-state index contributed by atoms with van der Waals surface area (Å²) in [5, 5.41) is 13.0. The summed E-state index contributed by atoms with van der Waals surface area (Å²) in [5.41, 5.74) is 1.63. The molecule has 2 heterocycles. The van der Waals surface area contributed by atoms with Crippen molar-refractivity contribution in [2.75, 3.05) is 13.2 Å². The van der Waals surface area contributed by atoms with Crippen molar-refractivity contribution in [1.29, 1.82) is 0 Å². The monoisotopic (exact) mass is 365 g/mol. The molecule has 1 aliphatic heterocycles. The average molecular weight is 365 g/mol. The number of carbonyl (C=O) groups is 1. The highest BCUT2D eigenvalue weighted by Crippen LogP contribution is 2.31. The lowest BCUT2D eigenvalue weighted by atomic mass is 10.1. The lowest BCUT2D eigenvalue weighted by Gasteiger charge is -2.26. The fourth-order valence-corrected chi connectivity index (χ4v) is 2.89. The molecule has 138 valence electrons. The molecule has 0 fully saturated rings. The Morgan fingerprint density at radius 2 is 1.85 bits per heavy atom. The van der Waals surface area contributed by atoms with E-state index in [0.717, 1.165) is 11.3 Å². The Morgan fingerprint density at radius 1 is 1.07 bits per heavy atom. The van der Waals surface area contributed by atoms with E-state index < -0.39 is 12.2 Å². The third kappa shape index (κ3) is 3.80. The molecule has 0 aliphatic carbocycles. The van der Waals surface area contributed by atoms with Crippen molar-refractivity contribution in [3.8, 4) is 22.8 Å². The maximum atomic E-state index is 12.3. The van der Waals surface area contributed by atoms with Gasteiger partial charge in [-0.3, -0.25) is 4.79 Å². The molecule has 6 nitrogen and oxygen atoms in total. The van der Waals surface area contributed by atoms with Gasteiger partial charge >= 0.3 is 0 Å². The molecule has 4 rings (SSSR count). The summed E-state index contributed by atoms with van der Waals surface area (Å²) in [6.45, 7) is 0.219. The Balaban J connectivity index is 1.32. The summed E-state index contributed by atoms with van der Waals surface area (Å²) in [6.07, 6.45) is 0.0492. The second kappa shape index (κ2) is 7.55. The standard InChI is InChI=1S/C21H19NO5/c23-16(14-7-9-15(10-8-14)17-6-3-11-25-17)12-22-21(24)20-13-26-18-4-1-2-5-19(18)27-20/h1-11,16,20,23H,12-13H2,(H,22,24). The van der Waals surface area contributed by atoms with E-state index in [0.29, 0.717) is 17.1 Å². The third-order valence-corrected chi connectivity index (χ3v) is 4.37. The van der Waals surface area contributed by atoms with Gasteiger partial charge in [0.2, 0.25) is 6.10 Å². The average Bonchev–Trinajstić information content (AvgIpc) is 3.26. The summed E-state index contributed by atoms with van der Waals surface area (Å²) in [7, 11) is 0. The number of hydrogen-bond donors (Lipinski definition) is 2. The summed E-state index contributed by atoms with van der Waals surface area (Å²) in [4.78, 5) is 12.3. The van der Waals surface area contributed by atoms with Crippen LogP contribution in [0.2, 0.25) is 0 Å². The minimum atomic E-state index is -0.823. The summed E-state index contributed by atoms with van der Waals surface area (Å²) in [6, 6.07) is 18.3. The number of aliphatic hydroxyl groups excluding tert-OH is 1. The SMILES string of the molecule is O=C(NCC(O)c1ccc(-c2ccco2)cc1)C1COc2ccccc2O1. The maximum Gasteiger partial charge on any atom is 0.264 e. The Kier molecular flexibility index (Phi) is 4.80. The van der Waals surface area contributed by atoms with E-state index in [1.807, 2.05) is 48.5 Å². The first-order chi connectivity index (χ1) is 13.2. The molecule has 27 heavy (non-hydrogen) atoms. The molecular formula is C21H19NO5. The van der Waals surface area contributed by atoms with E-state index in [4.69, 9.17) is 13.9 Å². The van der Waals surface area contributed by atoms with E-state index in [1.165, 1.54) is 0 Å². The normalized spacial score (nSPS) is 16.6. The summed E-state index contributed by atoms with van der Waals surface area (Å²) < 4.78 is 16.5. The maximum absolute atomic E-state index is 12.3. The van der Waals surface area contributed by atoms with E-state index in [1.54, 1.807) is 18.4 Å². The highest BCUT2D eigenvalue weighted by molar-refractivity contribution is 5.81. The second-order valence-electron chi connectivity index (χ2n) is 6.22. The Hall–Kier alpha value is -3.25. The van der Waals surface area contributed by atoms with Crippen LogP contribution in [-0.2, 0) is 4.79 Å². The first-order valence-corrected chi connectivity index (χ1v) is 8.69. The van der Waals surface area contributed by atoms with Crippen LogP contribution in [0.1, 0.15) is 11.7 Å². The quantitative estimate of drug-likeness (QED) is 0.727. The molecule has 1 aromatic heterocycles. The molecular weight excluding hydrogens is 346 g/mol. The number of para-hydroxylation sites is 2. The van der Waals surface area contributed by atoms with Gasteiger partial charge in [-0.2, -0.15) is 0 Å². The van der Waals surface area contributed by atoms with Crippen LogP contribution >= 0.6 is 0 Å². The predicted octanol–water partition coefficient (Wildman–Crippen LogP) is 2.94. The van der Waals surface area contributed by atoms with Crippen LogP contribution in [0.15, 0.2) is 71.3 Å². The number of hydrogen-bond acceptors (Lipinski definition) is 5. The van der Waals surface area contributed by atoms with Crippen molar-refractivity contribution in [1.82, 2.24) is 5.32 Å². The van der Waals surface area contributed by atoms with Crippen molar-refractivity contribution in [2.45, 2.75) is 12.2 Å². The van der Waals surface area contributed by atoms with Gasteiger partial charge in [0.15, 0.2) is 11.5 Å². The van der Waals surface area contributed by atoms with Gasteiger partial charge < -0.3 is 24.3 Å². The van der Waals surface area contributed by atoms with Crippen molar-refractivity contribution < 1.29 is 23.8 Å². The lowest BCUT2D eigenvalue weighted by Crippen LogP contribution is -2.45. The van der Waals surface area contributed by atoms with Gasteiger partial charge in [0.1, 0.15) is 12.4 Å². The fraction of sp³-hybridized carbons (Fsp3) is 0.190. The molecule has 2 N–H and O–H groups in total. The molecule has 6 heteroatoms. The highest BCUT2D eigenvalue weighted by atomic mass is 16.6. The van der Waals surface area contributed by atoms with Gasteiger partial charge in [0, 0.05) is 12.1 Å². The van der Waals surface area contributed by atoms with Crippen LogP contribution in [0.3, 0.4) is 0 Å². The van der Waals surface area contributed by atoms with E-state index in [9.17, 15) is 9.90 Å². The minimum absolute atomic E-state index is 0.0838. The number of rotatable bonds is 5. The van der Waals surface area contributed by atoms with Crippen molar-refractivity contribution in [3.63, 3.8) is 0 Å². The zero-order chi connectivity index (χ0) is 18.6. The number of aliphatic hydroxyl groups is 1. The Bertz CT molecular complexity index is 905. The molecule has 2 aromatic carbocycles. The smallest absolute Gasteiger partial charge is 0.264 e. The molecule has 0 saturated carbocycles. The Morgan fingerprint density at radius 3 is 2.59 bits per heavy atom. The largest absolute Gasteiger partial charge is 0.485 e. The third-order valence-electron chi connectivity index (χ3n) is 4.37. The Labute approximate surface area is 156 Å². The number of amides is 1. The fourth-order valence-electron chi connectivity index (χ4n) is 2.89. The molecule has 1 amide bonds. The number of furan rings is 1. The zero-order valence-corrected chi connectivity index (χ0v) is 14.5.